The maximum atomic E-state index is 16.8. The van der Waals surface area contributed by atoms with Gasteiger partial charge in [-0.3, -0.25) is 38.4 Å². The molecular weight excluding hydrogens is 1690 g/mol. The van der Waals surface area contributed by atoms with Crippen molar-refractivity contribution in [2.75, 3.05) is 53.5 Å². The highest BCUT2D eigenvalue weighted by atomic mass is 35.5. The third-order valence-electron chi connectivity index (χ3n) is 23.2. The predicted molar refractivity (Wildman–Crippen MR) is 445 cm³/mol. The van der Waals surface area contributed by atoms with Gasteiger partial charge in [-0.05, 0) is 133 Å². The minimum Gasteiger partial charge on any atom is -0.508 e. The quantitative estimate of drug-likeness (QED) is 0.0581. The molecule has 37 nitrogen and oxygen atoms in total. The Labute approximate surface area is 730 Å². The van der Waals surface area contributed by atoms with Crippen LogP contribution in [0.25, 0.3) is 11.1 Å². The van der Waals surface area contributed by atoms with E-state index in [0.29, 0.717) is 37.4 Å². The fourth-order valence-electron chi connectivity index (χ4n) is 16.2. The van der Waals surface area contributed by atoms with Crippen molar-refractivity contribution in [2.45, 2.75) is 175 Å². The standard InChI is InChI=1S/C87H98Cl2N10O27/c1-38(2)10-8-6-5-7-9-11-62(106)92-71-75(110)73(108)60(36-100)124-86(71)126-78-58-30-43-31-59(78)122-55-21-16-42(28-50(55)88)72(107)70-84(118)96-69(85(119)99-24-22-98(4)23-25-99)48-32-44(102)33-57(123-87-77(112)76(111)74(109)61(37-101)125-87)63(48)47-27-40(14-19-52(47)103)66(81(115)97-70)93-82(116)67(43)94-83(117)68-49-34-46(35-54(105)64(49)89)121-56-29-41(15-20-53(56)104)65(90-3)80(114)91-51(79(113)95-68)26-39-12-17-45(120-58)18-13-39/h12-21,27-35,38,51,60-61,65-77,86-87,90,100-105,107-112H,5-11,22-26,36-37H2,1-4H3,(H,91,114)(H,92,106)(H,93,116)(H,94,117)(H,95,113)(H,96,118)(H,97,115)/t51-,60-,61-,65+,66-,67-,68+,69+,70+,71-,72-,73-,74-,75-,76+,77+,86+,87+/m1/s1. The average molecular weight is 1790 g/mol. The Kier molecular flexibility index (Phi) is 28.0. The predicted octanol–water partition coefficient (Wildman–Crippen LogP) is 3.39. The monoisotopic (exact) mass is 1780 g/mol. The Morgan fingerprint density at radius 3 is 1.86 bits per heavy atom. The normalized spacial score (nSPS) is 27.0. The van der Waals surface area contributed by atoms with Crippen molar-refractivity contribution < 1.29 is 133 Å². The van der Waals surface area contributed by atoms with Gasteiger partial charge in [0.05, 0.1) is 23.3 Å². The van der Waals surface area contributed by atoms with Crippen molar-refractivity contribution in [2.24, 2.45) is 5.92 Å². The number of aliphatic hydroxyl groups is 8. The molecule has 0 aromatic heterocycles. The number of hydrogen-bond acceptors (Lipinski definition) is 29. The average Bonchev–Trinajstić information content (AvgIpc) is 0.756. The Morgan fingerprint density at radius 1 is 0.540 bits per heavy atom. The van der Waals surface area contributed by atoms with E-state index < -0.39 is 254 Å². The zero-order valence-electron chi connectivity index (χ0n) is 68.5. The van der Waals surface area contributed by atoms with E-state index in [1.54, 1.807) is 7.05 Å². The zero-order chi connectivity index (χ0) is 90.0. The number of hydrogen-bond donors (Lipinski definition) is 20. The van der Waals surface area contributed by atoms with Gasteiger partial charge in [-0.2, -0.15) is 0 Å². The highest BCUT2D eigenvalue weighted by Crippen LogP contribution is 2.51. The Morgan fingerprint density at radius 2 is 1.16 bits per heavy atom. The molecule has 0 saturated carbocycles. The van der Waals surface area contributed by atoms with Crippen LogP contribution in [0.2, 0.25) is 10.0 Å². The van der Waals surface area contributed by atoms with Gasteiger partial charge in [0.15, 0.2) is 23.0 Å². The summed E-state index contributed by atoms with van der Waals surface area (Å²) in [5.41, 5.74) is -2.32. The highest BCUT2D eigenvalue weighted by molar-refractivity contribution is 6.33. The maximum absolute atomic E-state index is 16.8. The number of carbonyl (C=O) groups is 8. The minimum atomic E-state index is -2.40. The van der Waals surface area contributed by atoms with E-state index in [4.69, 9.17) is 56.4 Å². The molecule has 8 amide bonds. The van der Waals surface area contributed by atoms with Crippen LogP contribution in [-0.2, 0) is 54.3 Å². The second-order valence-corrected chi connectivity index (χ2v) is 33.3. The van der Waals surface area contributed by atoms with E-state index in [1.165, 1.54) is 66.5 Å². The smallest absolute Gasteiger partial charge is 0.249 e. The van der Waals surface area contributed by atoms with Gasteiger partial charge >= 0.3 is 0 Å². The molecule has 7 aromatic carbocycles. The second kappa shape index (κ2) is 38.8. The molecular formula is C87H98Cl2N10O27. The van der Waals surface area contributed by atoms with Crippen LogP contribution >= 0.6 is 23.2 Å². The van der Waals surface area contributed by atoms with E-state index in [9.17, 15) is 70.9 Å². The van der Waals surface area contributed by atoms with Crippen LogP contribution in [0.3, 0.4) is 0 Å². The van der Waals surface area contributed by atoms with E-state index in [2.05, 4.69) is 56.4 Å². The number of halogens is 2. The van der Waals surface area contributed by atoms with Crippen molar-refractivity contribution >= 4 is 70.5 Å². The molecule has 3 fully saturated rings. The molecule has 7 aromatic rings. The van der Waals surface area contributed by atoms with Crippen LogP contribution in [0.4, 0.5) is 0 Å². The number of likely N-dealkylation sites (N-methyl/N-ethyl adjacent to an activating group) is 2. The lowest BCUT2D eigenvalue weighted by molar-refractivity contribution is -0.277. The molecule has 9 heterocycles. The van der Waals surface area contributed by atoms with Gasteiger partial charge in [-0.1, -0.05) is 99.5 Å². The first-order valence-corrected chi connectivity index (χ1v) is 41.9. The SMILES string of the molecule is CN[C@@H]1C(=O)N[C@@H]2Cc3ccc(cc3)Oc3cc4cc(c3O[C@@H]3O[C@H](CO)[C@@H](O)[C@H](O)[C@H]3NC(=O)CCCCCCCC(C)C)Oc3ccc(cc3Cl)[C@@H](O)[C@@H]3NC(=O)[C@H](NC(=O)[C@@H]4NC(=O)[C@@H](NC2=O)c2cc(cc(O)c2Cl)Oc2cc1ccc2O)c1ccc(O)c(c1)-c1c(O[C@H]2O[C@H](CO)[C@@H](O)[C@H](O)[C@@H]2O)cc(O)cc1[C@@H](C(=O)N1CCN(C)CC1)NC3=O. The number of aromatic hydroxyl groups is 4. The molecule has 20 N–H and O–H groups in total. The molecule has 9 aliphatic heterocycles. The largest absolute Gasteiger partial charge is 0.508 e. The molecule has 9 aliphatic rings. The van der Waals surface area contributed by atoms with Crippen molar-refractivity contribution in [1.82, 2.24) is 52.3 Å². The second-order valence-electron chi connectivity index (χ2n) is 32.5. The molecule has 0 radical (unpaired) electrons. The summed E-state index contributed by atoms with van der Waals surface area (Å²) in [6.45, 7) is 3.00. The number of phenols is 4. The van der Waals surface area contributed by atoms with Gasteiger partial charge < -0.3 is 147 Å². The van der Waals surface area contributed by atoms with Gasteiger partial charge in [0.2, 0.25) is 65.6 Å². The Balaban J connectivity index is 0.994. The van der Waals surface area contributed by atoms with Gasteiger partial charge in [-0.25, -0.2) is 0 Å². The molecule has 0 spiro atoms. The molecule has 672 valence electrons. The highest BCUT2D eigenvalue weighted by Gasteiger charge is 2.50. The molecule has 126 heavy (non-hydrogen) atoms. The van der Waals surface area contributed by atoms with Crippen molar-refractivity contribution in [3.63, 3.8) is 0 Å². The van der Waals surface area contributed by atoms with Crippen LogP contribution in [0.5, 0.6) is 69.0 Å². The molecule has 0 aliphatic carbocycles. The number of benzene rings is 7. The number of unbranched alkanes of at least 4 members (excludes halogenated alkanes) is 4. The number of aliphatic hydroxyl groups excluding tert-OH is 8. The van der Waals surface area contributed by atoms with Crippen molar-refractivity contribution in [1.29, 1.82) is 0 Å². The lowest BCUT2D eigenvalue weighted by Crippen LogP contribution is -2.65. The zero-order valence-corrected chi connectivity index (χ0v) is 70.0. The molecule has 17 bridgehead atoms. The third kappa shape index (κ3) is 19.6. The number of nitrogens with zero attached hydrogens (tertiary/aromatic N) is 2. The maximum Gasteiger partial charge on any atom is 0.249 e. The number of carbonyl (C=O) groups excluding carboxylic acids is 8. The lowest BCUT2D eigenvalue weighted by Gasteiger charge is -2.42. The third-order valence-corrected chi connectivity index (χ3v) is 23.9. The summed E-state index contributed by atoms with van der Waals surface area (Å²) >= 11 is 14.4. The van der Waals surface area contributed by atoms with Crippen LogP contribution in [0.15, 0.2) is 115 Å². The number of fused-ring (bicyclic) bond motifs is 14. The van der Waals surface area contributed by atoms with Gasteiger partial charge in [0.1, 0.15) is 137 Å². The van der Waals surface area contributed by atoms with Crippen molar-refractivity contribution in [3.8, 4) is 80.1 Å². The summed E-state index contributed by atoms with van der Waals surface area (Å²) in [5, 5.41) is 159. The van der Waals surface area contributed by atoms with E-state index in [-0.39, 0.29) is 65.6 Å². The summed E-state index contributed by atoms with van der Waals surface area (Å²) < 4.78 is 45.0. The summed E-state index contributed by atoms with van der Waals surface area (Å²) in [6, 6.07) is 6.83. The number of nitrogens with one attached hydrogen (secondary N) is 8. The summed E-state index contributed by atoms with van der Waals surface area (Å²) in [6.07, 6.45) is -15.2. The molecule has 16 rings (SSSR count). The fourth-order valence-corrected chi connectivity index (χ4v) is 16.7. The van der Waals surface area contributed by atoms with Crippen LogP contribution in [0, 0.1) is 5.92 Å². The summed E-state index contributed by atoms with van der Waals surface area (Å²) in [7, 11) is 3.24. The summed E-state index contributed by atoms with van der Waals surface area (Å²) in [5.74, 6) is -14.6. The van der Waals surface area contributed by atoms with E-state index >= 15 is 28.8 Å². The van der Waals surface area contributed by atoms with Gasteiger partial charge in [0, 0.05) is 67.8 Å². The minimum absolute atomic E-state index is 0.0280. The first-order valence-electron chi connectivity index (χ1n) is 41.1. The molecule has 18 atom stereocenters. The van der Waals surface area contributed by atoms with Gasteiger partial charge in [-0.15, -0.1) is 0 Å². The molecule has 0 unspecified atom stereocenters. The number of ether oxygens (including phenoxy) is 7. The first-order chi connectivity index (χ1) is 60.3. The fraction of sp³-hybridized carbons (Fsp3) is 0.425. The topological polar surface area (TPSA) is 547 Å². The number of rotatable bonds is 17. The van der Waals surface area contributed by atoms with Gasteiger partial charge in [0.25, 0.3) is 0 Å². The van der Waals surface area contributed by atoms with E-state index in [1.807, 2.05) is 4.90 Å². The van der Waals surface area contributed by atoms with Crippen LogP contribution in [-0.4, -0.2) is 245 Å². The van der Waals surface area contributed by atoms with Crippen molar-refractivity contribution in [3.05, 3.63) is 164 Å². The summed E-state index contributed by atoms with van der Waals surface area (Å²) in [4.78, 5) is 129. The molecule has 3 saturated heterocycles. The van der Waals surface area contributed by atoms with Crippen LogP contribution in [0.1, 0.15) is 134 Å². The molecule has 39 heteroatoms. The van der Waals surface area contributed by atoms with E-state index in [0.717, 1.165) is 86.3 Å². The van der Waals surface area contributed by atoms with Crippen LogP contribution < -0.4 is 66.2 Å². The number of amides is 8. The first kappa shape index (κ1) is 90.8. The Bertz CT molecular complexity index is 5280. The Hall–Kier alpha value is -11.4. The number of piperazine rings is 1. The lowest BCUT2D eigenvalue weighted by atomic mass is 9.89. The number of phenolic OH excluding ortho intramolecular Hbond substituents is 4.